The highest BCUT2D eigenvalue weighted by Gasteiger charge is 2.30. The Morgan fingerprint density at radius 1 is 0.851 bits per heavy atom. The number of carbonyl (C=O) groups excluding carboxylic acids is 7. The first-order valence-corrected chi connectivity index (χ1v) is 23.2. The van der Waals surface area contributed by atoms with Crippen molar-refractivity contribution in [2.75, 3.05) is 79.0 Å². The van der Waals surface area contributed by atoms with E-state index in [-0.39, 0.29) is 107 Å². The van der Waals surface area contributed by atoms with E-state index in [1.807, 2.05) is 20.8 Å². The molecular weight excluding hydrogens is 867 g/mol. The number of hydrogen-bond acceptors (Lipinski definition) is 14. The average Bonchev–Trinajstić information content (AvgIpc) is 3.78. The molecule has 1 unspecified atom stereocenters. The maximum Gasteiger partial charge on any atom is 0.258 e. The lowest BCUT2D eigenvalue weighted by Gasteiger charge is -2.26. The van der Waals surface area contributed by atoms with Crippen molar-refractivity contribution in [3.05, 3.63) is 36.0 Å². The molecule has 1 aliphatic rings. The van der Waals surface area contributed by atoms with Gasteiger partial charge in [-0.1, -0.05) is 20.8 Å². The third-order valence-corrected chi connectivity index (χ3v) is 10.5. The van der Waals surface area contributed by atoms with Crippen LogP contribution in [0.4, 0.5) is 0 Å². The lowest BCUT2D eigenvalue weighted by molar-refractivity contribution is -0.132. The minimum atomic E-state index is -0.840. The number of ketones is 1. The number of carbonyl (C=O) groups is 7. The Hall–Kier alpha value is -5.75. The van der Waals surface area contributed by atoms with Crippen molar-refractivity contribution in [1.82, 2.24) is 36.5 Å². The Morgan fingerprint density at radius 2 is 1.55 bits per heavy atom. The molecule has 0 radical (unpaired) electrons. The van der Waals surface area contributed by atoms with Gasteiger partial charge < -0.3 is 56.2 Å². The smallest absolute Gasteiger partial charge is 0.258 e. The van der Waals surface area contributed by atoms with E-state index in [1.165, 1.54) is 18.0 Å². The summed E-state index contributed by atoms with van der Waals surface area (Å²) < 4.78 is 22.2. The first-order valence-electron chi connectivity index (χ1n) is 23.2. The molecule has 370 valence electrons. The number of benzene rings is 1. The van der Waals surface area contributed by atoms with Crippen LogP contribution in [0.1, 0.15) is 102 Å². The fourth-order valence-corrected chi connectivity index (χ4v) is 7.13. The van der Waals surface area contributed by atoms with Crippen molar-refractivity contribution in [3.8, 4) is 11.8 Å². The average molecular weight is 938 g/mol. The van der Waals surface area contributed by atoms with Gasteiger partial charge >= 0.3 is 0 Å². The molecule has 2 aromatic rings. The monoisotopic (exact) mass is 938 g/mol. The zero-order valence-corrected chi connectivity index (χ0v) is 39.6. The Kier molecular flexibility index (Phi) is 25.3. The minimum Gasteiger partial charge on any atom is -0.484 e. The van der Waals surface area contributed by atoms with E-state index in [1.54, 1.807) is 24.3 Å². The molecule has 1 aromatic heterocycles. The summed E-state index contributed by atoms with van der Waals surface area (Å²) in [7, 11) is 0. The maximum absolute atomic E-state index is 13.4. The van der Waals surface area contributed by atoms with Crippen LogP contribution in [0.2, 0.25) is 0 Å². The molecular formula is C47H71N9O11. The fourth-order valence-electron chi connectivity index (χ4n) is 7.13. The second-order valence-electron chi connectivity index (χ2n) is 17.5. The Bertz CT molecular complexity index is 1970. The van der Waals surface area contributed by atoms with Gasteiger partial charge in [-0.25, -0.2) is 0 Å². The predicted octanol–water partition coefficient (Wildman–Crippen LogP) is 1.82. The van der Waals surface area contributed by atoms with Gasteiger partial charge in [0.15, 0.2) is 12.4 Å². The van der Waals surface area contributed by atoms with Crippen LogP contribution in [-0.4, -0.2) is 148 Å². The molecule has 67 heavy (non-hydrogen) atoms. The van der Waals surface area contributed by atoms with Gasteiger partial charge in [0.05, 0.1) is 69.4 Å². The summed E-state index contributed by atoms with van der Waals surface area (Å²) in [6.07, 6.45) is 6.51. The number of unbranched alkanes of at least 4 members (excludes halogenated alkanes) is 2. The number of nitriles is 1. The number of Topliss-reactive ketones (excluding diaryl/α,β-unsaturated/α-hetero) is 1. The summed E-state index contributed by atoms with van der Waals surface area (Å²) in [6, 6.07) is 6.54. The number of fused-ring (bicyclic) bond motifs is 1. The number of aromatic nitrogens is 1. The van der Waals surface area contributed by atoms with Crippen molar-refractivity contribution < 1.29 is 52.5 Å². The van der Waals surface area contributed by atoms with Gasteiger partial charge in [0.25, 0.3) is 11.8 Å². The van der Waals surface area contributed by atoms with Crippen LogP contribution in [0.5, 0.6) is 5.75 Å². The zero-order chi connectivity index (χ0) is 49.0. The highest BCUT2D eigenvalue weighted by Crippen LogP contribution is 2.23. The third-order valence-electron chi connectivity index (χ3n) is 10.5. The van der Waals surface area contributed by atoms with Crippen LogP contribution >= 0.6 is 0 Å². The summed E-state index contributed by atoms with van der Waals surface area (Å²) >= 11 is 0. The molecule has 1 aromatic carbocycles. The minimum absolute atomic E-state index is 0.0214. The number of hydrogen-bond donors (Lipinski definition) is 6. The van der Waals surface area contributed by atoms with Gasteiger partial charge in [-0.3, -0.25) is 38.5 Å². The van der Waals surface area contributed by atoms with Crippen LogP contribution < -0.4 is 37.1 Å². The number of pyridine rings is 1. The first-order chi connectivity index (χ1) is 32.1. The van der Waals surface area contributed by atoms with Gasteiger partial charge in [0, 0.05) is 57.0 Å². The van der Waals surface area contributed by atoms with Gasteiger partial charge in [-0.15, -0.1) is 0 Å². The highest BCUT2D eigenvalue weighted by atomic mass is 16.5. The summed E-state index contributed by atoms with van der Waals surface area (Å²) in [5.41, 5.74) is 6.19. The quantitative estimate of drug-likeness (QED) is 0.0571. The van der Waals surface area contributed by atoms with Crippen molar-refractivity contribution >= 4 is 52.1 Å². The van der Waals surface area contributed by atoms with Crippen LogP contribution in [0.15, 0.2) is 30.5 Å². The van der Waals surface area contributed by atoms with E-state index < -0.39 is 29.9 Å². The lowest BCUT2D eigenvalue weighted by Crippen LogP contribution is -2.52. The van der Waals surface area contributed by atoms with Gasteiger partial charge in [0.1, 0.15) is 17.8 Å². The van der Waals surface area contributed by atoms with Crippen LogP contribution in [0.3, 0.4) is 0 Å². The van der Waals surface area contributed by atoms with E-state index >= 15 is 0 Å². The van der Waals surface area contributed by atoms with E-state index in [0.717, 1.165) is 6.42 Å². The van der Waals surface area contributed by atoms with Gasteiger partial charge in [0.2, 0.25) is 23.6 Å². The largest absolute Gasteiger partial charge is 0.484 e. The molecule has 6 amide bonds. The standard InChI is InChI=1S/C47H71N9O11/c1-33(57)50-18-8-6-11-38(41(58)29-47(2,3)4)55-46(63)39(12-5-7-17-48)54-42(59)16-22-64-24-26-66-27-25-65-23-20-52-43(60)32-67-35-13-14-36-37(15-19-51-40(36)28-35)45(62)53-31-44(61)56-21-9-10-34(56)30-49/h13-15,19,28,34,38-39H,5-12,16-18,20-27,29,31-32,48H2,1-4H3,(H,50,57)(H,52,60)(H,53,62)(H,54,59)(H,55,63)/t34-,38?,39-/m0/s1. The second-order valence-corrected chi connectivity index (χ2v) is 17.5. The number of nitrogens with zero attached hydrogens (tertiary/aromatic N) is 3. The molecule has 20 heteroatoms. The molecule has 2 heterocycles. The number of rotatable bonds is 32. The molecule has 3 rings (SSSR count). The maximum atomic E-state index is 13.4. The molecule has 1 fully saturated rings. The first kappa shape index (κ1) is 55.6. The summed E-state index contributed by atoms with van der Waals surface area (Å²) in [4.78, 5) is 94.4. The molecule has 3 atom stereocenters. The SMILES string of the molecule is CC(=O)NCCCCC(NC(=O)[C@H](CCCCN)NC(=O)CCOCCOCCOCCNC(=O)COc1ccc2c(C(=O)NCC(=O)N3CCC[C@H]3C#N)ccnc2c1)C(=O)CC(C)(C)C. The molecule has 0 bridgehead atoms. The zero-order valence-electron chi connectivity index (χ0n) is 39.6. The fraction of sp³-hybridized carbons (Fsp3) is 0.638. The van der Waals surface area contributed by atoms with E-state index in [9.17, 15) is 38.8 Å². The summed E-state index contributed by atoms with van der Waals surface area (Å²) in [5.74, 6) is -1.74. The molecule has 1 saturated heterocycles. The molecule has 0 saturated carbocycles. The highest BCUT2D eigenvalue weighted by molar-refractivity contribution is 6.07. The van der Waals surface area contributed by atoms with Crippen LogP contribution in [-0.2, 0) is 43.0 Å². The van der Waals surface area contributed by atoms with Gasteiger partial charge in [-0.2, -0.15) is 5.26 Å². The van der Waals surface area contributed by atoms with E-state index in [0.29, 0.717) is 86.8 Å². The third kappa shape index (κ3) is 22.1. The van der Waals surface area contributed by atoms with Gasteiger partial charge in [-0.05, 0) is 81.5 Å². The molecule has 1 aliphatic heterocycles. The number of nitrogens with one attached hydrogen (secondary N) is 5. The van der Waals surface area contributed by atoms with Crippen molar-refractivity contribution in [2.24, 2.45) is 11.1 Å². The summed E-state index contributed by atoms with van der Waals surface area (Å²) in [6.45, 7) is 9.93. The van der Waals surface area contributed by atoms with E-state index in [4.69, 9.17) is 24.7 Å². The number of amides is 6. The topological polar surface area (TPSA) is 282 Å². The van der Waals surface area contributed by atoms with Crippen LogP contribution in [0, 0.1) is 16.7 Å². The number of likely N-dealkylation sites (tertiary alicyclic amines) is 1. The van der Waals surface area contributed by atoms with Crippen molar-refractivity contribution in [3.63, 3.8) is 0 Å². The summed E-state index contributed by atoms with van der Waals surface area (Å²) in [5, 5.41) is 23.6. The Labute approximate surface area is 393 Å². The Balaban J connectivity index is 1.27. The van der Waals surface area contributed by atoms with Crippen LogP contribution in [0.25, 0.3) is 10.9 Å². The molecule has 7 N–H and O–H groups in total. The predicted molar refractivity (Wildman–Crippen MR) is 248 cm³/mol. The second kappa shape index (κ2) is 30.5. The molecule has 0 spiro atoms. The number of nitrogens with two attached hydrogens (primary N) is 1. The lowest BCUT2D eigenvalue weighted by atomic mass is 9.86. The Morgan fingerprint density at radius 3 is 2.25 bits per heavy atom. The number of ether oxygens (including phenoxy) is 4. The molecule has 20 nitrogen and oxygen atoms in total. The van der Waals surface area contributed by atoms with E-state index in [2.05, 4.69) is 37.6 Å². The van der Waals surface area contributed by atoms with Crippen molar-refractivity contribution in [1.29, 1.82) is 5.26 Å². The normalized spacial score (nSPS) is 14.4. The van der Waals surface area contributed by atoms with Crippen molar-refractivity contribution in [2.45, 2.75) is 110 Å². The molecule has 0 aliphatic carbocycles.